The number of aliphatic hydroxyl groups is 1. The van der Waals surface area contributed by atoms with E-state index in [0.717, 1.165) is 48.2 Å². The zero-order chi connectivity index (χ0) is 18.1. The molecule has 1 saturated carbocycles. The molecule has 0 spiro atoms. The van der Waals surface area contributed by atoms with Gasteiger partial charge in [0, 0.05) is 17.2 Å². The van der Waals surface area contributed by atoms with E-state index in [0.29, 0.717) is 12.5 Å². The Bertz CT molecular complexity index is 804. The minimum absolute atomic E-state index is 0.210. The van der Waals surface area contributed by atoms with Gasteiger partial charge in [-0.05, 0) is 25.7 Å². The largest absolute Gasteiger partial charge is 0.465 e. The highest BCUT2D eigenvalue weighted by Gasteiger charge is 2.29. The summed E-state index contributed by atoms with van der Waals surface area (Å²) in [6.07, 6.45) is 2.16. The molecule has 4 rings (SSSR count). The van der Waals surface area contributed by atoms with Crippen LogP contribution in [0.2, 0.25) is 0 Å². The monoisotopic (exact) mass is 354 g/mol. The zero-order valence-electron chi connectivity index (χ0n) is 14.4. The van der Waals surface area contributed by atoms with Gasteiger partial charge in [0.1, 0.15) is 0 Å². The van der Waals surface area contributed by atoms with Crippen LogP contribution in [0.1, 0.15) is 36.9 Å². The molecule has 3 N–H and O–H groups in total. The van der Waals surface area contributed by atoms with Gasteiger partial charge in [-0.1, -0.05) is 30.3 Å². The summed E-state index contributed by atoms with van der Waals surface area (Å²) in [5.74, 6) is 0.538. The van der Waals surface area contributed by atoms with E-state index in [1.807, 2.05) is 30.3 Å². The third-order valence-electron chi connectivity index (χ3n) is 5.13. The summed E-state index contributed by atoms with van der Waals surface area (Å²) >= 11 is 0. The lowest BCUT2D eigenvalue weighted by atomic mass is 9.93. The third-order valence-corrected chi connectivity index (χ3v) is 5.13. The van der Waals surface area contributed by atoms with Crippen LogP contribution in [0.15, 0.2) is 30.3 Å². The normalized spacial score (nSPS) is 22.1. The number of amides is 1. The molecule has 2 aliphatic rings. The minimum Gasteiger partial charge on any atom is -0.465 e. The molecule has 1 aliphatic heterocycles. The number of carbonyl (C=O) groups is 1. The Kier molecular flexibility index (Phi) is 4.46. The Balaban J connectivity index is 1.66. The lowest BCUT2D eigenvalue weighted by Crippen LogP contribution is -2.29. The first-order chi connectivity index (χ1) is 12.6. The maximum absolute atomic E-state index is 11.4. The second-order valence-corrected chi connectivity index (χ2v) is 6.98. The van der Waals surface area contributed by atoms with Gasteiger partial charge in [0.05, 0.1) is 30.6 Å². The van der Waals surface area contributed by atoms with Gasteiger partial charge < -0.3 is 15.5 Å². The van der Waals surface area contributed by atoms with Crippen molar-refractivity contribution in [1.29, 1.82) is 0 Å². The molecule has 1 fully saturated rings. The summed E-state index contributed by atoms with van der Waals surface area (Å²) in [5, 5.41) is 22.4. The summed E-state index contributed by atoms with van der Waals surface area (Å²) in [6.45, 7) is 0.593. The van der Waals surface area contributed by atoms with Crippen molar-refractivity contribution in [3.8, 4) is 11.3 Å². The van der Waals surface area contributed by atoms with E-state index in [1.165, 1.54) is 4.90 Å². The number of carboxylic acid groups (broad SMARTS) is 1. The summed E-state index contributed by atoms with van der Waals surface area (Å²) in [6, 6.07) is 10.0. The van der Waals surface area contributed by atoms with Crippen molar-refractivity contribution in [3.63, 3.8) is 0 Å². The molecule has 0 saturated heterocycles. The number of anilines is 1. The Morgan fingerprint density at radius 1 is 1.08 bits per heavy atom. The molecular formula is C19H22N4O3. The van der Waals surface area contributed by atoms with Crippen molar-refractivity contribution < 1.29 is 15.0 Å². The van der Waals surface area contributed by atoms with Gasteiger partial charge in [-0.25, -0.2) is 14.8 Å². The van der Waals surface area contributed by atoms with Gasteiger partial charge in [0.15, 0.2) is 0 Å². The van der Waals surface area contributed by atoms with Crippen LogP contribution < -0.4 is 5.32 Å². The molecule has 0 unspecified atom stereocenters. The summed E-state index contributed by atoms with van der Waals surface area (Å²) in [5.41, 5.74) is 3.39. The van der Waals surface area contributed by atoms with Crippen molar-refractivity contribution in [2.75, 3.05) is 5.32 Å². The molecule has 1 aromatic carbocycles. The smallest absolute Gasteiger partial charge is 0.407 e. The standard InChI is InChI=1S/C19H22N4O3/c24-14-8-6-13(7-9-14)20-18-21-16-11-23(19(25)26)10-15(16)17(22-18)12-4-2-1-3-5-12/h1-5,13-14,24H,6-11H2,(H,25,26)(H,20,21,22). The van der Waals surface area contributed by atoms with Gasteiger partial charge in [-0.15, -0.1) is 0 Å². The van der Waals surface area contributed by atoms with Gasteiger partial charge in [0.25, 0.3) is 0 Å². The van der Waals surface area contributed by atoms with Gasteiger partial charge in [-0.3, -0.25) is 4.90 Å². The van der Waals surface area contributed by atoms with Gasteiger partial charge in [-0.2, -0.15) is 0 Å². The van der Waals surface area contributed by atoms with Crippen molar-refractivity contribution >= 4 is 12.0 Å². The number of aliphatic hydroxyl groups excluding tert-OH is 1. The topological polar surface area (TPSA) is 98.6 Å². The molecule has 0 bridgehead atoms. The number of hydrogen-bond acceptors (Lipinski definition) is 5. The summed E-state index contributed by atoms with van der Waals surface area (Å²) < 4.78 is 0. The number of hydrogen-bond donors (Lipinski definition) is 3. The Hall–Kier alpha value is -2.67. The summed E-state index contributed by atoms with van der Waals surface area (Å²) in [4.78, 5) is 22.1. The minimum atomic E-state index is -0.946. The molecule has 2 heterocycles. The van der Waals surface area contributed by atoms with Crippen LogP contribution in [0.25, 0.3) is 11.3 Å². The lowest BCUT2D eigenvalue weighted by Gasteiger charge is -2.26. The number of benzene rings is 1. The number of nitrogens with one attached hydrogen (secondary N) is 1. The third kappa shape index (κ3) is 3.35. The van der Waals surface area contributed by atoms with Crippen LogP contribution in [0.5, 0.6) is 0 Å². The highest BCUT2D eigenvalue weighted by Crippen LogP contribution is 2.32. The SMILES string of the molecule is O=C(O)N1Cc2nc(NC3CCC(O)CC3)nc(-c3ccccc3)c2C1. The first-order valence-corrected chi connectivity index (χ1v) is 8.98. The van der Waals surface area contributed by atoms with Crippen molar-refractivity contribution in [3.05, 3.63) is 41.6 Å². The number of rotatable bonds is 3. The maximum atomic E-state index is 11.4. The lowest BCUT2D eigenvalue weighted by molar-refractivity contribution is 0.126. The van der Waals surface area contributed by atoms with E-state index < -0.39 is 6.09 Å². The fraction of sp³-hybridized carbons (Fsp3) is 0.421. The second kappa shape index (κ2) is 6.92. The van der Waals surface area contributed by atoms with Crippen LogP contribution in [0, 0.1) is 0 Å². The molecule has 136 valence electrons. The van der Waals surface area contributed by atoms with E-state index >= 15 is 0 Å². The van der Waals surface area contributed by atoms with E-state index in [9.17, 15) is 15.0 Å². The highest BCUT2D eigenvalue weighted by molar-refractivity contribution is 5.70. The van der Waals surface area contributed by atoms with Crippen LogP contribution in [0.4, 0.5) is 10.7 Å². The maximum Gasteiger partial charge on any atom is 0.407 e. The fourth-order valence-electron chi connectivity index (χ4n) is 3.69. The molecule has 1 amide bonds. The Morgan fingerprint density at radius 2 is 1.81 bits per heavy atom. The Labute approximate surface area is 151 Å². The molecule has 0 atom stereocenters. The van der Waals surface area contributed by atoms with Gasteiger partial charge >= 0.3 is 6.09 Å². The quantitative estimate of drug-likeness (QED) is 0.784. The predicted octanol–water partition coefficient (Wildman–Crippen LogP) is 2.85. The van der Waals surface area contributed by atoms with Crippen LogP contribution in [-0.2, 0) is 13.1 Å². The van der Waals surface area contributed by atoms with E-state index in [4.69, 9.17) is 4.98 Å². The van der Waals surface area contributed by atoms with Gasteiger partial charge in [0.2, 0.25) is 5.95 Å². The number of fused-ring (bicyclic) bond motifs is 1. The van der Waals surface area contributed by atoms with Crippen molar-refractivity contribution in [2.24, 2.45) is 0 Å². The molecule has 1 aromatic heterocycles. The Morgan fingerprint density at radius 3 is 2.50 bits per heavy atom. The first-order valence-electron chi connectivity index (χ1n) is 8.98. The molecule has 7 heteroatoms. The average Bonchev–Trinajstić information content (AvgIpc) is 3.08. The van der Waals surface area contributed by atoms with Crippen molar-refractivity contribution in [2.45, 2.75) is 50.9 Å². The molecule has 7 nitrogen and oxygen atoms in total. The van der Waals surface area contributed by atoms with E-state index in [1.54, 1.807) is 0 Å². The second-order valence-electron chi connectivity index (χ2n) is 6.98. The fourth-order valence-corrected chi connectivity index (χ4v) is 3.69. The predicted molar refractivity (Wildman–Crippen MR) is 96.6 cm³/mol. The number of nitrogens with zero attached hydrogens (tertiary/aromatic N) is 3. The molecule has 1 aliphatic carbocycles. The summed E-state index contributed by atoms with van der Waals surface area (Å²) in [7, 11) is 0. The first kappa shape index (κ1) is 16.8. The van der Waals surface area contributed by atoms with Crippen molar-refractivity contribution in [1.82, 2.24) is 14.9 Å². The number of aromatic nitrogens is 2. The zero-order valence-corrected chi connectivity index (χ0v) is 14.4. The van der Waals surface area contributed by atoms with E-state index in [2.05, 4.69) is 10.3 Å². The van der Waals surface area contributed by atoms with Crippen LogP contribution in [0.3, 0.4) is 0 Å². The molecule has 2 aromatic rings. The van der Waals surface area contributed by atoms with Crippen LogP contribution >= 0.6 is 0 Å². The van der Waals surface area contributed by atoms with Crippen LogP contribution in [-0.4, -0.2) is 43.3 Å². The average molecular weight is 354 g/mol. The molecule has 26 heavy (non-hydrogen) atoms. The molecular weight excluding hydrogens is 332 g/mol. The van der Waals surface area contributed by atoms with E-state index in [-0.39, 0.29) is 18.7 Å². The highest BCUT2D eigenvalue weighted by atomic mass is 16.4. The molecule has 0 radical (unpaired) electrons.